The zero-order valence-corrected chi connectivity index (χ0v) is 13.6. The van der Waals surface area contributed by atoms with Crippen LogP contribution in [0.3, 0.4) is 0 Å². The Hall–Kier alpha value is -0.780. The Morgan fingerprint density at radius 1 is 1.21 bits per heavy atom. The summed E-state index contributed by atoms with van der Waals surface area (Å²) in [6.07, 6.45) is 2.11. The van der Waals surface area contributed by atoms with Crippen LogP contribution < -0.4 is 5.32 Å². The Balaban J connectivity index is 2.03. The van der Waals surface area contributed by atoms with Crippen LogP contribution in [0.5, 0.6) is 0 Å². The average molecular weight is 340 g/mol. The van der Waals surface area contributed by atoms with Crippen LogP contribution in [0, 0.1) is 6.92 Å². The second-order valence-electron chi connectivity index (χ2n) is 4.52. The molecule has 1 N–H and O–H groups in total. The monoisotopic (exact) mass is 339 g/mol. The topological polar surface area (TPSA) is 37.8 Å². The second-order valence-corrected chi connectivity index (χ2v) is 6.50. The van der Waals surface area contributed by atoms with Crippen molar-refractivity contribution in [1.29, 1.82) is 0 Å². The van der Waals surface area contributed by atoms with Crippen LogP contribution in [-0.2, 0) is 6.42 Å². The van der Waals surface area contributed by atoms with Gasteiger partial charge in [-0.1, -0.05) is 34.2 Å². The van der Waals surface area contributed by atoms with Gasteiger partial charge in [-0.25, -0.2) is 0 Å². The van der Waals surface area contributed by atoms with Crippen LogP contribution in [0.2, 0.25) is 0 Å². The van der Waals surface area contributed by atoms with Crippen LogP contribution >= 0.6 is 27.3 Å². The molecule has 0 unspecified atom stereocenters. The summed E-state index contributed by atoms with van der Waals surface area (Å²) in [5.74, 6) is 0. The summed E-state index contributed by atoms with van der Waals surface area (Å²) in [4.78, 5) is 0. The Morgan fingerprint density at radius 3 is 2.79 bits per heavy atom. The molecule has 102 valence electrons. The lowest BCUT2D eigenvalue weighted by atomic mass is 10.1. The third-order valence-corrected chi connectivity index (χ3v) is 4.19. The molecule has 0 aliphatic carbocycles. The minimum atomic E-state index is 0.949. The van der Waals surface area contributed by atoms with E-state index >= 15 is 0 Å². The molecule has 19 heavy (non-hydrogen) atoms. The van der Waals surface area contributed by atoms with Gasteiger partial charge in [-0.3, -0.25) is 0 Å². The Labute approximate surface area is 126 Å². The first kappa shape index (κ1) is 14.6. The minimum absolute atomic E-state index is 0.949. The van der Waals surface area contributed by atoms with Crippen molar-refractivity contribution in [3.8, 4) is 10.6 Å². The number of rotatable bonds is 6. The van der Waals surface area contributed by atoms with E-state index in [1.807, 2.05) is 0 Å². The second kappa shape index (κ2) is 7.12. The fourth-order valence-corrected chi connectivity index (χ4v) is 3.26. The highest BCUT2D eigenvalue weighted by Crippen LogP contribution is 2.27. The summed E-state index contributed by atoms with van der Waals surface area (Å²) in [5.41, 5.74) is 2.36. The quantitative estimate of drug-likeness (QED) is 0.813. The highest BCUT2D eigenvalue weighted by atomic mass is 79.9. The first-order valence-electron chi connectivity index (χ1n) is 6.49. The zero-order chi connectivity index (χ0) is 13.7. The molecule has 0 aliphatic rings. The Morgan fingerprint density at radius 2 is 2.05 bits per heavy atom. The molecule has 2 aromatic rings. The third-order valence-electron chi connectivity index (χ3n) is 2.70. The van der Waals surface area contributed by atoms with Crippen LogP contribution in [0.25, 0.3) is 10.6 Å². The molecule has 3 nitrogen and oxygen atoms in total. The van der Waals surface area contributed by atoms with Crippen LogP contribution in [-0.4, -0.2) is 23.3 Å². The van der Waals surface area contributed by atoms with E-state index in [4.69, 9.17) is 0 Å². The Bertz CT molecular complexity index is 519. The SMILES string of the molecule is CCCNCCc1nnc(-c2cc(C)cc(Br)c2)s1. The molecule has 1 aromatic carbocycles. The molecule has 1 heterocycles. The molecule has 0 amide bonds. The van der Waals surface area contributed by atoms with E-state index in [-0.39, 0.29) is 0 Å². The lowest BCUT2D eigenvalue weighted by Gasteiger charge is -2.00. The van der Waals surface area contributed by atoms with Gasteiger partial charge in [0.2, 0.25) is 0 Å². The Kier molecular flexibility index (Phi) is 5.48. The normalized spacial score (nSPS) is 10.9. The minimum Gasteiger partial charge on any atom is -0.316 e. The van der Waals surface area contributed by atoms with Crippen molar-refractivity contribution < 1.29 is 0 Å². The van der Waals surface area contributed by atoms with E-state index in [9.17, 15) is 0 Å². The van der Waals surface area contributed by atoms with Gasteiger partial charge in [0.25, 0.3) is 0 Å². The van der Waals surface area contributed by atoms with E-state index in [0.717, 1.165) is 39.6 Å². The molecule has 0 aliphatic heterocycles. The molecule has 0 saturated heterocycles. The molecule has 1 aromatic heterocycles. The van der Waals surface area contributed by atoms with E-state index in [1.54, 1.807) is 11.3 Å². The fourth-order valence-electron chi connectivity index (χ4n) is 1.83. The average Bonchev–Trinajstić information content (AvgIpc) is 2.82. The summed E-state index contributed by atoms with van der Waals surface area (Å²) in [5, 5.41) is 14.0. The maximum absolute atomic E-state index is 4.29. The van der Waals surface area contributed by atoms with Crippen molar-refractivity contribution in [3.05, 3.63) is 33.2 Å². The highest BCUT2D eigenvalue weighted by Gasteiger charge is 2.07. The summed E-state index contributed by atoms with van der Waals surface area (Å²) in [6.45, 7) is 6.30. The van der Waals surface area contributed by atoms with Gasteiger partial charge in [0.15, 0.2) is 0 Å². The van der Waals surface area contributed by atoms with Crippen molar-refractivity contribution >= 4 is 27.3 Å². The summed E-state index contributed by atoms with van der Waals surface area (Å²) >= 11 is 5.20. The van der Waals surface area contributed by atoms with Gasteiger partial charge in [0, 0.05) is 23.0 Å². The lowest BCUT2D eigenvalue weighted by Crippen LogP contribution is -2.17. The maximum atomic E-state index is 4.29. The maximum Gasteiger partial charge on any atom is 0.147 e. The molecule has 0 fully saturated rings. The zero-order valence-electron chi connectivity index (χ0n) is 11.2. The lowest BCUT2D eigenvalue weighted by molar-refractivity contribution is 0.668. The van der Waals surface area contributed by atoms with Gasteiger partial charge in [-0.05, 0) is 43.7 Å². The van der Waals surface area contributed by atoms with Gasteiger partial charge in [-0.15, -0.1) is 10.2 Å². The standard InChI is InChI=1S/C14H18BrN3S/c1-3-5-16-6-4-13-17-18-14(19-13)11-7-10(2)8-12(15)9-11/h7-9,16H,3-6H2,1-2H3. The molecule has 0 saturated carbocycles. The molecule has 0 spiro atoms. The van der Waals surface area contributed by atoms with Crippen molar-refractivity contribution in [3.63, 3.8) is 0 Å². The number of nitrogens with one attached hydrogen (secondary N) is 1. The fraction of sp³-hybridized carbons (Fsp3) is 0.429. The molecule has 5 heteroatoms. The van der Waals surface area contributed by atoms with Crippen LogP contribution in [0.1, 0.15) is 23.9 Å². The first-order chi connectivity index (χ1) is 9.19. The third kappa shape index (κ3) is 4.37. The van der Waals surface area contributed by atoms with E-state index < -0.39 is 0 Å². The number of nitrogens with zero attached hydrogens (tertiary/aromatic N) is 2. The van der Waals surface area contributed by atoms with Crippen LogP contribution in [0.15, 0.2) is 22.7 Å². The summed E-state index contributed by atoms with van der Waals surface area (Å²) < 4.78 is 1.09. The van der Waals surface area contributed by atoms with E-state index in [2.05, 4.69) is 63.5 Å². The largest absolute Gasteiger partial charge is 0.316 e. The number of halogens is 1. The molecular weight excluding hydrogens is 322 g/mol. The van der Waals surface area contributed by atoms with Crippen LogP contribution in [0.4, 0.5) is 0 Å². The number of aromatic nitrogens is 2. The molecule has 0 radical (unpaired) electrons. The van der Waals surface area contributed by atoms with E-state index in [1.165, 1.54) is 12.0 Å². The highest BCUT2D eigenvalue weighted by molar-refractivity contribution is 9.10. The summed E-state index contributed by atoms with van der Waals surface area (Å²) in [7, 11) is 0. The van der Waals surface area contributed by atoms with Crippen molar-refractivity contribution in [2.45, 2.75) is 26.7 Å². The van der Waals surface area contributed by atoms with Crippen molar-refractivity contribution in [1.82, 2.24) is 15.5 Å². The van der Waals surface area contributed by atoms with Gasteiger partial charge < -0.3 is 5.32 Å². The van der Waals surface area contributed by atoms with E-state index in [0.29, 0.717) is 0 Å². The number of aryl methyl sites for hydroxylation is 1. The number of benzene rings is 1. The first-order valence-corrected chi connectivity index (χ1v) is 8.10. The number of hydrogen-bond donors (Lipinski definition) is 1. The number of hydrogen-bond acceptors (Lipinski definition) is 4. The van der Waals surface area contributed by atoms with Gasteiger partial charge in [0.05, 0.1) is 0 Å². The summed E-state index contributed by atoms with van der Waals surface area (Å²) in [6, 6.07) is 6.33. The predicted molar refractivity (Wildman–Crippen MR) is 84.6 cm³/mol. The van der Waals surface area contributed by atoms with Crippen molar-refractivity contribution in [2.75, 3.05) is 13.1 Å². The van der Waals surface area contributed by atoms with Gasteiger partial charge >= 0.3 is 0 Å². The molecule has 0 bridgehead atoms. The molecular formula is C14H18BrN3S. The smallest absolute Gasteiger partial charge is 0.147 e. The molecule has 0 atom stereocenters. The predicted octanol–water partition coefficient (Wildman–Crippen LogP) is 3.82. The van der Waals surface area contributed by atoms with Gasteiger partial charge in [0.1, 0.15) is 10.0 Å². The van der Waals surface area contributed by atoms with Crippen molar-refractivity contribution in [2.24, 2.45) is 0 Å². The van der Waals surface area contributed by atoms with Gasteiger partial charge in [-0.2, -0.15) is 0 Å². The molecule has 2 rings (SSSR count).